The Morgan fingerprint density at radius 3 is 2.71 bits per heavy atom. The van der Waals surface area contributed by atoms with Crippen LogP contribution in [0, 0.1) is 0 Å². The van der Waals surface area contributed by atoms with Crippen LogP contribution in [-0.4, -0.2) is 71.2 Å². The number of aromatic hydroxyl groups is 2. The number of carbonyl (C=O) groups excluding carboxylic acids is 2. The second kappa shape index (κ2) is 15.2. The van der Waals surface area contributed by atoms with Crippen LogP contribution in [0.25, 0.3) is 0 Å². The summed E-state index contributed by atoms with van der Waals surface area (Å²) in [6.07, 6.45) is 13.2. The molecule has 2 heterocycles. The number of ether oxygens (including phenoxy) is 2. The molecule has 2 N–H and O–H groups in total. The van der Waals surface area contributed by atoms with E-state index in [-0.39, 0.29) is 42.1 Å². The zero-order chi connectivity index (χ0) is 27.3. The lowest BCUT2D eigenvalue weighted by atomic mass is 9.99. The molecular formula is C29H40N2O7. The summed E-state index contributed by atoms with van der Waals surface area (Å²) in [5.41, 5.74) is 0.705. The number of unbranched alkanes of at least 4 members (excludes halogenated alkanes) is 1. The summed E-state index contributed by atoms with van der Waals surface area (Å²) in [6, 6.07) is 2.50. The van der Waals surface area contributed by atoms with E-state index in [1.54, 1.807) is 17.9 Å². The molecule has 1 fully saturated rings. The Morgan fingerprint density at radius 1 is 1.16 bits per heavy atom. The first-order valence-electron chi connectivity index (χ1n) is 13.5. The highest BCUT2D eigenvalue weighted by Crippen LogP contribution is 2.29. The molecule has 208 valence electrons. The Labute approximate surface area is 224 Å². The first-order valence-corrected chi connectivity index (χ1v) is 13.5. The highest BCUT2D eigenvalue weighted by Gasteiger charge is 2.23. The highest BCUT2D eigenvalue weighted by atomic mass is 16.6. The predicted octanol–water partition coefficient (Wildman–Crippen LogP) is 4.66. The number of nitrogens with zero attached hydrogens (tertiary/aromatic N) is 2. The molecule has 0 aromatic heterocycles. The summed E-state index contributed by atoms with van der Waals surface area (Å²) in [4.78, 5) is 32.7. The molecule has 2 aliphatic rings. The van der Waals surface area contributed by atoms with Crippen LogP contribution in [0.5, 0.6) is 11.5 Å². The quantitative estimate of drug-likeness (QED) is 0.229. The molecule has 2 aliphatic heterocycles. The maximum absolute atomic E-state index is 13.0. The van der Waals surface area contributed by atoms with Crippen molar-refractivity contribution < 1.29 is 34.1 Å². The fraction of sp³-hybridized carbons (Fsp3) is 0.552. The molecule has 0 bridgehead atoms. The monoisotopic (exact) mass is 528 g/mol. The number of hydrogen-bond donors (Lipinski definition) is 2. The molecule has 0 aliphatic carbocycles. The number of fused-ring (bicyclic) bond motifs is 1. The lowest BCUT2D eigenvalue weighted by molar-refractivity contribution is -0.137. The van der Waals surface area contributed by atoms with Crippen molar-refractivity contribution in [1.29, 1.82) is 0 Å². The van der Waals surface area contributed by atoms with E-state index < -0.39 is 12.1 Å². The van der Waals surface area contributed by atoms with E-state index in [4.69, 9.17) is 14.3 Å². The van der Waals surface area contributed by atoms with Crippen molar-refractivity contribution in [1.82, 2.24) is 4.90 Å². The Balaban J connectivity index is 1.86. The number of rotatable bonds is 7. The van der Waals surface area contributed by atoms with Crippen LogP contribution in [0.3, 0.4) is 0 Å². The number of oxime groups is 1. The Morgan fingerprint density at radius 2 is 1.95 bits per heavy atom. The van der Waals surface area contributed by atoms with Gasteiger partial charge in [0, 0.05) is 38.6 Å². The number of benzene rings is 1. The normalized spacial score (nSPS) is 22.8. The number of cyclic esters (lactones) is 1. The van der Waals surface area contributed by atoms with Crippen molar-refractivity contribution >= 4 is 17.6 Å². The zero-order valence-electron chi connectivity index (χ0n) is 22.4. The van der Waals surface area contributed by atoms with E-state index in [1.807, 2.05) is 18.2 Å². The lowest BCUT2D eigenvalue weighted by Crippen LogP contribution is -2.37. The van der Waals surface area contributed by atoms with E-state index in [0.29, 0.717) is 30.7 Å². The van der Waals surface area contributed by atoms with E-state index in [1.165, 1.54) is 6.07 Å². The van der Waals surface area contributed by atoms with Crippen molar-refractivity contribution in [2.24, 2.45) is 5.16 Å². The van der Waals surface area contributed by atoms with Crippen molar-refractivity contribution in [2.45, 2.75) is 77.4 Å². The first kappa shape index (κ1) is 29.2. The lowest BCUT2D eigenvalue weighted by Gasteiger charge is -2.26. The summed E-state index contributed by atoms with van der Waals surface area (Å²) in [6.45, 7) is 5.77. The van der Waals surface area contributed by atoms with Crippen LogP contribution >= 0.6 is 0 Å². The van der Waals surface area contributed by atoms with Gasteiger partial charge in [0.05, 0.1) is 11.8 Å². The molecule has 3 rings (SSSR count). The van der Waals surface area contributed by atoms with Crippen molar-refractivity contribution in [3.8, 4) is 11.5 Å². The van der Waals surface area contributed by atoms with Gasteiger partial charge in [0.1, 0.15) is 23.2 Å². The average molecular weight is 529 g/mol. The fourth-order valence-corrected chi connectivity index (χ4v) is 4.40. The summed E-state index contributed by atoms with van der Waals surface area (Å²) >= 11 is 0. The second-order valence-corrected chi connectivity index (χ2v) is 9.75. The molecular weight excluding hydrogens is 488 g/mol. The standard InChI is InChI=1S/C29H40N2O7/c1-3-4-16-36-25-12-8-10-21(2)38-29(35)28-22(18-24(32)19-26(28)33)17-23(11-9-13-25)30-37-20-27(34)31-14-6-5-7-15-31/h8-9,11-12,18-19,21,25,32-33H,3-7,10,13-17,20H2,1-2H3/b11-9+,12-8?,30-23-/t21-,25?/m1/s1. The van der Waals surface area contributed by atoms with Gasteiger partial charge in [0.25, 0.3) is 5.91 Å². The fourth-order valence-electron chi connectivity index (χ4n) is 4.40. The van der Waals surface area contributed by atoms with Gasteiger partial charge in [0.15, 0.2) is 6.61 Å². The Hall–Kier alpha value is -3.33. The maximum Gasteiger partial charge on any atom is 0.342 e. The molecule has 1 aromatic rings. The van der Waals surface area contributed by atoms with E-state index >= 15 is 0 Å². The number of likely N-dealkylation sites (tertiary alicyclic amines) is 1. The average Bonchev–Trinajstić information content (AvgIpc) is 2.88. The third-order valence-corrected chi connectivity index (χ3v) is 6.47. The van der Waals surface area contributed by atoms with Crippen LogP contribution in [0.2, 0.25) is 0 Å². The molecule has 1 unspecified atom stereocenters. The van der Waals surface area contributed by atoms with Gasteiger partial charge in [-0.15, -0.1) is 0 Å². The minimum atomic E-state index is -0.698. The van der Waals surface area contributed by atoms with Gasteiger partial charge in [0.2, 0.25) is 0 Å². The smallest absolute Gasteiger partial charge is 0.342 e. The van der Waals surface area contributed by atoms with Crippen molar-refractivity contribution in [3.05, 3.63) is 47.6 Å². The molecule has 1 amide bonds. The number of hydrogen-bond acceptors (Lipinski definition) is 8. The largest absolute Gasteiger partial charge is 0.508 e. The molecule has 1 aromatic carbocycles. The van der Waals surface area contributed by atoms with Gasteiger partial charge in [-0.3, -0.25) is 4.79 Å². The number of carbonyl (C=O) groups is 2. The van der Waals surface area contributed by atoms with Gasteiger partial charge in [-0.25, -0.2) is 4.79 Å². The highest BCUT2D eigenvalue weighted by molar-refractivity contribution is 6.00. The van der Waals surface area contributed by atoms with Crippen molar-refractivity contribution in [2.75, 3.05) is 26.3 Å². The van der Waals surface area contributed by atoms with Gasteiger partial charge in [-0.05, 0) is 56.7 Å². The number of allylic oxidation sites excluding steroid dienone is 1. The number of piperidine rings is 1. The summed E-state index contributed by atoms with van der Waals surface area (Å²) in [5.74, 6) is -1.40. The van der Waals surface area contributed by atoms with E-state index in [2.05, 4.69) is 12.1 Å². The van der Waals surface area contributed by atoms with E-state index in [0.717, 1.165) is 51.3 Å². The summed E-state index contributed by atoms with van der Waals surface area (Å²) in [5, 5.41) is 24.8. The van der Waals surface area contributed by atoms with Gasteiger partial charge in [-0.2, -0.15) is 0 Å². The minimum absolute atomic E-state index is 0.0399. The Bertz CT molecular complexity index is 1030. The first-order chi connectivity index (χ1) is 18.4. The SMILES string of the molecule is CCCCOC1C=CC[C@@H](C)OC(=O)c2c(O)cc(O)cc2CC(=N\OCC(=O)N2CCCCC2)/C=C/C1. The Kier molecular flexibility index (Phi) is 11.7. The third-order valence-electron chi connectivity index (χ3n) is 6.47. The topological polar surface area (TPSA) is 118 Å². The molecule has 9 heteroatoms. The third kappa shape index (κ3) is 9.20. The van der Waals surface area contributed by atoms with Crippen LogP contribution in [0.4, 0.5) is 0 Å². The van der Waals surface area contributed by atoms with Crippen LogP contribution in [0.1, 0.15) is 74.7 Å². The molecule has 0 spiro atoms. The number of esters is 1. The molecule has 9 nitrogen and oxygen atoms in total. The van der Waals surface area contributed by atoms with Gasteiger partial charge >= 0.3 is 5.97 Å². The van der Waals surface area contributed by atoms with Gasteiger partial charge < -0.3 is 29.4 Å². The second-order valence-electron chi connectivity index (χ2n) is 9.75. The number of phenols is 2. The number of amides is 1. The molecule has 38 heavy (non-hydrogen) atoms. The van der Waals surface area contributed by atoms with Crippen molar-refractivity contribution in [3.63, 3.8) is 0 Å². The molecule has 1 saturated heterocycles. The predicted molar refractivity (Wildman–Crippen MR) is 144 cm³/mol. The number of phenolic OH excluding ortho intramolecular Hbond substituents is 2. The van der Waals surface area contributed by atoms with Gasteiger partial charge in [-0.1, -0.05) is 36.7 Å². The van der Waals surface area contributed by atoms with Crippen LogP contribution < -0.4 is 0 Å². The van der Waals surface area contributed by atoms with Crippen LogP contribution in [-0.2, 0) is 25.5 Å². The molecule has 0 saturated carbocycles. The maximum atomic E-state index is 13.0. The van der Waals surface area contributed by atoms with Crippen LogP contribution in [0.15, 0.2) is 41.6 Å². The molecule has 0 radical (unpaired) electrons. The zero-order valence-corrected chi connectivity index (χ0v) is 22.4. The van der Waals surface area contributed by atoms with E-state index in [9.17, 15) is 19.8 Å². The summed E-state index contributed by atoms with van der Waals surface area (Å²) < 4.78 is 11.6. The minimum Gasteiger partial charge on any atom is -0.508 e. The molecule has 2 atom stereocenters. The summed E-state index contributed by atoms with van der Waals surface area (Å²) in [7, 11) is 0.